The molecular formula is C28H37N7O4S. The Balaban J connectivity index is 1.57. The number of amides is 3. The lowest BCUT2D eigenvalue weighted by molar-refractivity contribution is -0.127. The van der Waals surface area contributed by atoms with Crippen LogP contribution in [0.3, 0.4) is 0 Å². The smallest absolute Gasteiger partial charge is 0.312 e. The number of sulfonamides is 1. The molecule has 0 radical (unpaired) electrons. The van der Waals surface area contributed by atoms with Gasteiger partial charge in [0.15, 0.2) is 0 Å². The van der Waals surface area contributed by atoms with E-state index < -0.39 is 16.1 Å². The molecule has 0 atom stereocenters. The number of urea groups is 1. The van der Waals surface area contributed by atoms with E-state index in [0.29, 0.717) is 62.8 Å². The molecule has 2 heterocycles. The van der Waals surface area contributed by atoms with Gasteiger partial charge in [0.25, 0.3) is 0 Å². The topological polar surface area (TPSA) is 177 Å². The number of benzene rings is 2. The highest BCUT2D eigenvalue weighted by atomic mass is 32.2. The molecule has 0 saturated carbocycles. The first kappa shape index (κ1) is 29.2. The van der Waals surface area contributed by atoms with Gasteiger partial charge in [0.1, 0.15) is 5.84 Å². The lowest BCUT2D eigenvalue weighted by Crippen LogP contribution is -2.52. The minimum atomic E-state index is -3.60. The van der Waals surface area contributed by atoms with Crippen LogP contribution in [0.5, 0.6) is 0 Å². The summed E-state index contributed by atoms with van der Waals surface area (Å²) in [4.78, 5) is 30.9. The van der Waals surface area contributed by atoms with Crippen molar-refractivity contribution >= 4 is 39.6 Å². The summed E-state index contributed by atoms with van der Waals surface area (Å²) >= 11 is 0. The minimum Gasteiger partial charge on any atom is -0.387 e. The summed E-state index contributed by atoms with van der Waals surface area (Å²) < 4.78 is 27.6. The van der Waals surface area contributed by atoms with Gasteiger partial charge >= 0.3 is 6.03 Å². The Hall–Kier alpha value is -3.74. The SMILES string of the molecule is CCCN(CCCNC(N)=O)C(=O)C1=Cc2ccc(-c3cccc(S(=O)(=O)N4CC(CN)C4)c3)cc2N=C(N)C1. The Kier molecular flexibility index (Phi) is 9.23. The van der Waals surface area contributed by atoms with Crippen molar-refractivity contribution in [3.63, 3.8) is 0 Å². The fourth-order valence-electron chi connectivity index (χ4n) is 4.83. The van der Waals surface area contributed by atoms with Crippen LogP contribution in [0.15, 0.2) is 57.9 Å². The van der Waals surface area contributed by atoms with Crippen LogP contribution >= 0.6 is 0 Å². The van der Waals surface area contributed by atoms with Gasteiger partial charge in [0, 0.05) is 50.3 Å². The molecule has 2 aliphatic heterocycles. The Labute approximate surface area is 235 Å². The standard InChI is InChI=1S/C28H37N7O4S/c1-2-10-34(11-4-9-32-28(31)37)27(36)23-12-22-8-7-21(14-25(22)33-26(30)15-23)20-5-3-6-24(13-20)40(38,39)35-17-19(16-29)18-35/h3,5-8,12-14,19H,2,4,9-11,15-18,29H2,1H3,(H2,30,33)(H3,31,32,37). The maximum atomic E-state index is 13.4. The Morgan fingerprint density at radius 2 is 1.88 bits per heavy atom. The first-order valence-electron chi connectivity index (χ1n) is 13.4. The van der Waals surface area contributed by atoms with Crippen molar-refractivity contribution < 1.29 is 18.0 Å². The summed E-state index contributed by atoms with van der Waals surface area (Å²) in [6, 6.07) is 11.8. The van der Waals surface area contributed by atoms with E-state index in [1.807, 2.05) is 37.3 Å². The average molecular weight is 568 g/mol. The number of amidine groups is 1. The molecule has 12 heteroatoms. The highest BCUT2D eigenvalue weighted by Crippen LogP contribution is 2.34. The van der Waals surface area contributed by atoms with Gasteiger partial charge in [0.05, 0.1) is 10.6 Å². The number of aliphatic imine (C=N–C) groups is 1. The van der Waals surface area contributed by atoms with E-state index in [9.17, 15) is 18.0 Å². The first-order chi connectivity index (χ1) is 19.1. The number of hydrogen-bond donors (Lipinski definition) is 4. The van der Waals surface area contributed by atoms with Gasteiger partial charge in [-0.2, -0.15) is 4.31 Å². The fraction of sp³-hybridized carbons (Fsp3) is 0.393. The summed E-state index contributed by atoms with van der Waals surface area (Å²) in [5, 5.41) is 2.54. The van der Waals surface area contributed by atoms with E-state index in [1.165, 1.54) is 4.31 Å². The zero-order chi connectivity index (χ0) is 28.9. The molecule has 7 N–H and O–H groups in total. The monoisotopic (exact) mass is 567 g/mol. The Morgan fingerprint density at radius 3 is 2.58 bits per heavy atom. The minimum absolute atomic E-state index is 0.128. The highest BCUT2D eigenvalue weighted by molar-refractivity contribution is 7.89. The number of nitrogens with zero attached hydrogens (tertiary/aromatic N) is 3. The number of primary amides is 1. The molecule has 0 aromatic heterocycles. The number of fused-ring (bicyclic) bond motifs is 1. The molecule has 40 heavy (non-hydrogen) atoms. The van der Waals surface area contributed by atoms with Crippen LogP contribution < -0.4 is 22.5 Å². The molecule has 214 valence electrons. The molecule has 1 saturated heterocycles. The lowest BCUT2D eigenvalue weighted by atomic mass is 10.0. The van der Waals surface area contributed by atoms with E-state index in [0.717, 1.165) is 23.1 Å². The molecule has 2 aromatic carbocycles. The van der Waals surface area contributed by atoms with Gasteiger partial charge in [-0.15, -0.1) is 0 Å². The van der Waals surface area contributed by atoms with E-state index in [1.54, 1.807) is 23.1 Å². The first-order valence-corrected chi connectivity index (χ1v) is 14.9. The summed E-state index contributed by atoms with van der Waals surface area (Å²) in [6.45, 7) is 4.75. The molecular weight excluding hydrogens is 530 g/mol. The zero-order valence-electron chi connectivity index (χ0n) is 22.7. The van der Waals surface area contributed by atoms with E-state index in [2.05, 4.69) is 10.3 Å². The second-order valence-electron chi connectivity index (χ2n) is 10.1. The third kappa shape index (κ3) is 6.69. The van der Waals surface area contributed by atoms with Crippen molar-refractivity contribution in [1.82, 2.24) is 14.5 Å². The normalized spacial score (nSPS) is 15.8. The molecule has 4 rings (SSSR count). The van der Waals surface area contributed by atoms with E-state index >= 15 is 0 Å². The molecule has 2 aromatic rings. The third-order valence-electron chi connectivity index (χ3n) is 7.02. The molecule has 1 fully saturated rings. The maximum absolute atomic E-state index is 13.4. The van der Waals surface area contributed by atoms with Gasteiger partial charge in [0.2, 0.25) is 15.9 Å². The number of nitrogens with two attached hydrogens (primary N) is 3. The Bertz CT molecular complexity index is 1430. The van der Waals surface area contributed by atoms with Gasteiger partial charge in [-0.25, -0.2) is 18.2 Å². The molecule has 0 unspecified atom stereocenters. The molecule has 11 nitrogen and oxygen atoms in total. The second kappa shape index (κ2) is 12.6. The van der Waals surface area contributed by atoms with Crippen molar-refractivity contribution in [1.29, 1.82) is 0 Å². The van der Waals surface area contributed by atoms with Gasteiger partial charge in [-0.1, -0.05) is 31.2 Å². The van der Waals surface area contributed by atoms with Crippen LogP contribution in [0, 0.1) is 5.92 Å². The second-order valence-corrected chi connectivity index (χ2v) is 12.0. The van der Waals surface area contributed by atoms with Gasteiger partial charge in [-0.3, -0.25) is 4.79 Å². The lowest BCUT2D eigenvalue weighted by Gasteiger charge is -2.37. The largest absolute Gasteiger partial charge is 0.387 e. The van der Waals surface area contributed by atoms with Crippen molar-refractivity contribution in [2.75, 3.05) is 39.3 Å². The van der Waals surface area contributed by atoms with Crippen LogP contribution in [0.1, 0.15) is 31.7 Å². The third-order valence-corrected chi connectivity index (χ3v) is 8.85. The predicted molar refractivity (Wildman–Crippen MR) is 156 cm³/mol. The molecule has 0 spiro atoms. The van der Waals surface area contributed by atoms with Crippen molar-refractivity contribution in [2.24, 2.45) is 28.1 Å². The number of rotatable bonds is 11. The summed E-state index contributed by atoms with van der Waals surface area (Å²) in [5.74, 6) is 0.381. The van der Waals surface area contributed by atoms with Crippen molar-refractivity contribution in [3.8, 4) is 11.1 Å². The maximum Gasteiger partial charge on any atom is 0.312 e. The van der Waals surface area contributed by atoms with Gasteiger partial charge < -0.3 is 27.4 Å². The molecule has 0 aliphatic carbocycles. The van der Waals surface area contributed by atoms with Crippen molar-refractivity contribution in [3.05, 3.63) is 53.6 Å². The average Bonchev–Trinajstić information content (AvgIpc) is 3.06. The molecule has 3 amide bonds. The van der Waals surface area contributed by atoms with E-state index in [4.69, 9.17) is 17.2 Å². The van der Waals surface area contributed by atoms with Crippen LogP contribution in [0.2, 0.25) is 0 Å². The van der Waals surface area contributed by atoms with Gasteiger partial charge in [-0.05, 0) is 60.7 Å². The summed E-state index contributed by atoms with van der Waals surface area (Å²) in [5.41, 5.74) is 20.4. The van der Waals surface area contributed by atoms with Crippen LogP contribution in [0.25, 0.3) is 17.2 Å². The fourth-order valence-corrected chi connectivity index (χ4v) is 6.47. The summed E-state index contributed by atoms with van der Waals surface area (Å²) in [7, 11) is -3.60. The Morgan fingerprint density at radius 1 is 1.12 bits per heavy atom. The van der Waals surface area contributed by atoms with Crippen LogP contribution in [-0.4, -0.2) is 74.7 Å². The zero-order valence-corrected chi connectivity index (χ0v) is 23.5. The number of carbonyl (C=O) groups is 2. The predicted octanol–water partition coefficient (Wildman–Crippen LogP) is 2.01. The summed E-state index contributed by atoms with van der Waals surface area (Å²) in [6.07, 6.45) is 3.38. The van der Waals surface area contributed by atoms with Crippen LogP contribution in [-0.2, 0) is 14.8 Å². The van der Waals surface area contributed by atoms with E-state index in [-0.39, 0.29) is 23.1 Å². The highest BCUT2D eigenvalue weighted by Gasteiger charge is 2.36. The molecule has 0 bridgehead atoms. The van der Waals surface area contributed by atoms with Crippen molar-refractivity contribution in [2.45, 2.75) is 31.1 Å². The van der Waals surface area contributed by atoms with Crippen LogP contribution in [0.4, 0.5) is 10.5 Å². The quantitative estimate of drug-likeness (QED) is 0.302. The number of carbonyl (C=O) groups excluding carboxylic acids is 2. The number of nitrogens with one attached hydrogen (secondary N) is 1. The number of hydrogen-bond acceptors (Lipinski definition) is 7. The molecule has 2 aliphatic rings.